The fourth-order valence-corrected chi connectivity index (χ4v) is 2.47. The van der Waals surface area contributed by atoms with Crippen LogP contribution in [0.1, 0.15) is 48.9 Å². The first-order chi connectivity index (χ1) is 9.79. The zero-order valence-corrected chi connectivity index (χ0v) is 11.8. The number of nitrogens with one attached hydrogen (secondary N) is 1. The first-order valence-electron chi connectivity index (χ1n) is 7.45. The standard InChI is InChI=1S/C16H23NO3/c18-11-5-10-17-16(19)13-6-4-9-15(12-13)20-14-7-2-1-3-8-14/h4,6,9,12,14,18H,1-3,5,7-8,10-11H2,(H,17,19). The molecule has 2 N–H and O–H groups in total. The average Bonchev–Trinajstić information content (AvgIpc) is 2.49. The molecule has 2 rings (SSSR count). The maximum Gasteiger partial charge on any atom is 0.251 e. The lowest BCUT2D eigenvalue weighted by molar-refractivity contribution is 0.0949. The van der Waals surface area contributed by atoms with E-state index in [2.05, 4.69) is 5.32 Å². The zero-order valence-electron chi connectivity index (χ0n) is 11.8. The summed E-state index contributed by atoms with van der Waals surface area (Å²) in [6.07, 6.45) is 6.83. The highest BCUT2D eigenvalue weighted by molar-refractivity contribution is 5.94. The van der Waals surface area contributed by atoms with Crippen molar-refractivity contribution in [1.29, 1.82) is 0 Å². The van der Waals surface area contributed by atoms with Gasteiger partial charge in [-0.15, -0.1) is 0 Å². The molecule has 0 aliphatic heterocycles. The Morgan fingerprint density at radius 2 is 2.10 bits per heavy atom. The van der Waals surface area contributed by atoms with Gasteiger partial charge in [0.2, 0.25) is 0 Å². The first kappa shape index (κ1) is 14.9. The number of ether oxygens (including phenoxy) is 1. The predicted octanol–water partition coefficient (Wildman–Crippen LogP) is 2.51. The Bertz CT molecular complexity index is 427. The second kappa shape index (κ2) is 7.90. The van der Waals surface area contributed by atoms with Gasteiger partial charge in [-0.2, -0.15) is 0 Å². The van der Waals surface area contributed by atoms with E-state index in [1.165, 1.54) is 19.3 Å². The smallest absolute Gasteiger partial charge is 0.251 e. The highest BCUT2D eigenvalue weighted by Crippen LogP contribution is 2.23. The summed E-state index contributed by atoms with van der Waals surface area (Å²) in [6.45, 7) is 0.578. The van der Waals surface area contributed by atoms with Gasteiger partial charge in [-0.05, 0) is 50.3 Å². The normalized spacial score (nSPS) is 15.8. The van der Waals surface area contributed by atoms with Crippen molar-refractivity contribution in [3.05, 3.63) is 29.8 Å². The van der Waals surface area contributed by atoms with Crippen molar-refractivity contribution in [3.8, 4) is 5.75 Å². The SMILES string of the molecule is O=C(NCCCO)c1cccc(OC2CCCCC2)c1. The van der Waals surface area contributed by atoms with Gasteiger partial charge in [-0.1, -0.05) is 12.5 Å². The number of carbonyl (C=O) groups excluding carboxylic acids is 1. The van der Waals surface area contributed by atoms with E-state index in [0.717, 1.165) is 18.6 Å². The molecule has 0 atom stereocenters. The minimum atomic E-state index is -0.118. The highest BCUT2D eigenvalue weighted by Gasteiger charge is 2.15. The number of benzene rings is 1. The third-order valence-corrected chi connectivity index (χ3v) is 3.57. The van der Waals surface area contributed by atoms with Gasteiger partial charge in [-0.25, -0.2) is 0 Å². The molecule has 110 valence electrons. The maximum atomic E-state index is 11.9. The Labute approximate surface area is 120 Å². The summed E-state index contributed by atoms with van der Waals surface area (Å²) in [7, 11) is 0. The van der Waals surface area contributed by atoms with Crippen LogP contribution < -0.4 is 10.1 Å². The lowest BCUT2D eigenvalue weighted by Crippen LogP contribution is -2.25. The zero-order chi connectivity index (χ0) is 14.2. The van der Waals surface area contributed by atoms with Crippen molar-refractivity contribution in [2.45, 2.75) is 44.6 Å². The second-order valence-electron chi connectivity index (χ2n) is 5.24. The summed E-state index contributed by atoms with van der Waals surface area (Å²) >= 11 is 0. The number of rotatable bonds is 6. The number of hydrogen-bond donors (Lipinski definition) is 2. The largest absolute Gasteiger partial charge is 0.490 e. The third-order valence-electron chi connectivity index (χ3n) is 3.57. The number of hydrogen-bond acceptors (Lipinski definition) is 3. The molecular formula is C16H23NO3. The van der Waals surface area contributed by atoms with Crippen molar-refractivity contribution in [3.63, 3.8) is 0 Å². The molecule has 1 fully saturated rings. The Kier molecular flexibility index (Phi) is 5.87. The molecule has 1 aromatic carbocycles. The molecule has 0 radical (unpaired) electrons. The summed E-state index contributed by atoms with van der Waals surface area (Å²) in [5.41, 5.74) is 0.608. The fourth-order valence-electron chi connectivity index (χ4n) is 2.47. The summed E-state index contributed by atoms with van der Waals surface area (Å²) < 4.78 is 5.95. The lowest BCUT2D eigenvalue weighted by Gasteiger charge is -2.23. The van der Waals surface area contributed by atoms with Crippen LogP contribution in [0.3, 0.4) is 0 Å². The minimum Gasteiger partial charge on any atom is -0.490 e. The van der Waals surface area contributed by atoms with Crippen molar-refractivity contribution >= 4 is 5.91 Å². The molecule has 0 unspecified atom stereocenters. The van der Waals surface area contributed by atoms with Gasteiger partial charge in [0, 0.05) is 18.7 Å². The molecular weight excluding hydrogens is 254 g/mol. The average molecular weight is 277 g/mol. The molecule has 0 aromatic heterocycles. The van der Waals surface area contributed by atoms with E-state index in [4.69, 9.17) is 9.84 Å². The monoisotopic (exact) mass is 277 g/mol. The van der Waals surface area contributed by atoms with Crippen LogP contribution >= 0.6 is 0 Å². The van der Waals surface area contributed by atoms with E-state index in [1.807, 2.05) is 12.1 Å². The second-order valence-corrected chi connectivity index (χ2v) is 5.24. The number of carbonyl (C=O) groups is 1. The van der Waals surface area contributed by atoms with Gasteiger partial charge in [0.1, 0.15) is 5.75 Å². The lowest BCUT2D eigenvalue weighted by atomic mass is 9.98. The Balaban J connectivity index is 1.91. The third kappa shape index (κ3) is 4.53. The van der Waals surface area contributed by atoms with Crippen molar-refractivity contribution in [1.82, 2.24) is 5.32 Å². The van der Waals surface area contributed by atoms with Gasteiger partial charge in [-0.3, -0.25) is 4.79 Å². The molecule has 4 heteroatoms. The minimum absolute atomic E-state index is 0.0884. The van der Waals surface area contributed by atoms with E-state index < -0.39 is 0 Å². The van der Waals surface area contributed by atoms with E-state index in [9.17, 15) is 4.79 Å². The Hall–Kier alpha value is -1.55. The number of amides is 1. The molecule has 20 heavy (non-hydrogen) atoms. The van der Waals surface area contributed by atoms with Crippen molar-refractivity contribution < 1.29 is 14.6 Å². The van der Waals surface area contributed by atoms with Crippen LogP contribution in [-0.4, -0.2) is 30.3 Å². The Morgan fingerprint density at radius 1 is 1.30 bits per heavy atom. The number of aliphatic hydroxyl groups excluding tert-OH is 1. The molecule has 1 aromatic rings. The summed E-state index contributed by atoms with van der Waals surface area (Å²) in [5.74, 6) is 0.652. The topological polar surface area (TPSA) is 58.6 Å². The van der Waals surface area contributed by atoms with Crippen LogP contribution in [0.25, 0.3) is 0 Å². The van der Waals surface area contributed by atoms with Crippen LogP contribution in [-0.2, 0) is 0 Å². The van der Waals surface area contributed by atoms with Gasteiger partial charge in [0.05, 0.1) is 6.10 Å². The van der Waals surface area contributed by atoms with Gasteiger partial charge in [0.25, 0.3) is 5.91 Å². The number of aliphatic hydroxyl groups is 1. The van der Waals surface area contributed by atoms with E-state index in [0.29, 0.717) is 18.5 Å². The summed E-state index contributed by atoms with van der Waals surface area (Å²) in [6, 6.07) is 7.32. The molecule has 0 spiro atoms. The molecule has 0 saturated heterocycles. The summed E-state index contributed by atoms with van der Waals surface area (Å²) in [4.78, 5) is 11.9. The summed E-state index contributed by atoms with van der Waals surface area (Å²) in [5, 5.41) is 11.5. The van der Waals surface area contributed by atoms with Crippen LogP contribution in [0.4, 0.5) is 0 Å². The van der Waals surface area contributed by atoms with Crippen LogP contribution in [0.5, 0.6) is 5.75 Å². The van der Waals surface area contributed by atoms with E-state index >= 15 is 0 Å². The van der Waals surface area contributed by atoms with Crippen LogP contribution in [0.15, 0.2) is 24.3 Å². The molecule has 1 saturated carbocycles. The molecule has 0 bridgehead atoms. The molecule has 1 aliphatic rings. The van der Waals surface area contributed by atoms with Gasteiger partial charge >= 0.3 is 0 Å². The molecule has 1 aliphatic carbocycles. The molecule has 1 amide bonds. The fraction of sp³-hybridized carbons (Fsp3) is 0.562. The van der Waals surface area contributed by atoms with Crippen LogP contribution in [0.2, 0.25) is 0 Å². The maximum absolute atomic E-state index is 11.9. The van der Waals surface area contributed by atoms with Crippen molar-refractivity contribution in [2.24, 2.45) is 0 Å². The van der Waals surface area contributed by atoms with Crippen LogP contribution in [0, 0.1) is 0 Å². The van der Waals surface area contributed by atoms with Gasteiger partial charge in [0.15, 0.2) is 0 Å². The molecule has 4 nitrogen and oxygen atoms in total. The quantitative estimate of drug-likeness (QED) is 0.785. The highest BCUT2D eigenvalue weighted by atomic mass is 16.5. The first-order valence-corrected chi connectivity index (χ1v) is 7.45. The molecule has 0 heterocycles. The van der Waals surface area contributed by atoms with Crippen molar-refractivity contribution in [2.75, 3.05) is 13.2 Å². The van der Waals surface area contributed by atoms with E-state index in [1.54, 1.807) is 12.1 Å². The van der Waals surface area contributed by atoms with E-state index in [-0.39, 0.29) is 18.6 Å². The Morgan fingerprint density at radius 3 is 2.85 bits per heavy atom. The van der Waals surface area contributed by atoms with Gasteiger partial charge < -0.3 is 15.2 Å². The predicted molar refractivity (Wildman–Crippen MR) is 78.0 cm³/mol.